The Morgan fingerprint density at radius 3 is 1.38 bits per heavy atom. The molecule has 188 valence electrons. The Bertz CT molecular complexity index is 966. The molecule has 0 saturated carbocycles. The molecule has 34 heavy (non-hydrogen) atoms. The van der Waals surface area contributed by atoms with Crippen molar-refractivity contribution in [3.8, 4) is 0 Å². The van der Waals surface area contributed by atoms with Crippen LogP contribution in [0.25, 0.3) is 0 Å². The van der Waals surface area contributed by atoms with E-state index in [0.717, 1.165) is 0 Å². The summed E-state index contributed by atoms with van der Waals surface area (Å²) < 4.78 is 5.29. The first-order chi connectivity index (χ1) is 15.5. The number of halogens is 2. The van der Waals surface area contributed by atoms with Crippen molar-refractivity contribution in [1.82, 2.24) is 0 Å². The van der Waals surface area contributed by atoms with Crippen molar-refractivity contribution < 1.29 is 29.6 Å². The summed E-state index contributed by atoms with van der Waals surface area (Å²) >= 11 is 11.1. The van der Waals surface area contributed by atoms with Crippen LogP contribution in [0.1, 0.15) is 76.1 Å². The molecule has 0 radical (unpaired) electrons. The molecule has 0 aliphatic carbocycles. The van der Waals surface area contributed by atoms with Gasteiger partial charge < -0.3 is 9.84 Å². The largest absolute Gasteiger partial charge is 0.478 e. The number of rotatable bonds is 2. The van der Waals surface area contributed by atoms with Gasteiger partial charge in [-0.25, -0.2) is 9.59 Å². The maximum Gasteiger partial charge on any atom is 0.372 e. The minimum absolute atomic E-state index is 0.146. The van der Waals surface area contributed by atoms with Gasteiger partial charge >= 0.3 is 11.9 Å². The smallest absolute Gasteiger partial charge is 0.372 e. The van der Waals surface area contributed by atoms with E-state index in [4.69, 9.17) is 38.3 Å². The molecule has 0 bridgehead atoms. The second-order valence-electron chi connectivity index (χ2n) is 8.83. The fourth-order valence-electron chi connectivity index (χ4n) is 1.90. The van der Waals surface area contributed by atoms with Crippen molar-refractivity contribution in [2.75, 3.05) is 0 Å². The lowest BCUT2D eigenvalue weighted by Crippen LogP contribution is -2.10. The number of carbonyl (C=O) groups excluding carboxylic acids is 1. The second kappa shape index (κ2) is 14.1. The van der Waals surface area contributed by atoms with Crippen LogP contribution in [0.4, 0.5) is 0 Å². The highest BCUT2D eigenvalue weighted by molar-refractivity contribution is 6.31. The zero-order valence-electron chi connectivity index (χ0n) is 20.9. The van der Waals surface area contributed by atoms with Crippen LogP contribution in [0.2, 0.25) is 10.0 Å². The SMILES string of the molecule is CC(C)=C(C)C.CC1(C)OC1(C)C.O=C(O)c1cccc(Cl)c1.O=C(OO)c1cccc(Cl)c1. The lowest BCUT2D eigenvalue weighted by atomic mass is 10.0. The summed E-state index contributed by atoms with van der Waals surface area (Å²) in [5.41, 5.74) is 3.58. The number of benzene rings is 2. The van der Waals surface area contributed by atoms with Crippen LogP contribution in [0.15, 0.2) is 59.7 Å². The first kappa shape index (κ1) is 31.6. The van der Waals surface area contributed by atoms with E-state index in [0.29, 0.717) is 10.0 Å². The number of aromatic carboxylic acids is 1. The van der Waals surface area contributed by atoms with Gasteiger partial charge in [-0.05, 0) is 91.8 Å². The molecule has 1 aliphatic rings. The first-order valence-corrected chi connectivity index (χ1v) is 11.2. The summed E-state index contributed by atoms with van der Waals surface area (Å²) in [6.45, 7) is 16.9. The average molecular weight is 513 g/mol. The molecule has 0 aromatic heterocycles. The van der Waals surface area contributed by atoms with E-state index < -0.39 is 11.9 Å². The Balaban J connectivity index is 0.000000440. The normalized spacial score (nSPS) is 13.9. The highest BCUT2D eigenvalue weighted by Crippen LogP contribution is 2.46. The van der Waals surface area contributed by atoms with Crippen LogP contribution < -0.4 is 0 Å². The monoisotopic (exact) mass is 512 g/mol. The third-order valence-electron chi connectivity index (χ3n) is 5.13. The van der Waals surface area contributed by atoms with Gasteiger partial charge in [0.25, 0.3) is 0 Å². The fourth-order valence-corrected chi connectivity index (χ4v) is 2.28. The minimum atomic E-state index is -0.956. The number of epoxide rings is 1. The zero-order chi connectivity index (χ0) is 26.7. The number of carboxylic acids is 1. The van der Waals surface area contributed by atoms with Crippen molar-refractivity contribution in [3.05, 3.63) is 80.8 Å². The Hall–Kier alpha value is -2.38. The molecule has 0 atom stereocenters. The molecular formula is C26H34Cl2O6. The molecule has 6 nitrogen and oxygen atoms in total. The van der Waals surface area contributed by atoms with Gasteiger partial charge in [-0.15, -0.1) is 0 Å². The standard InChI is InChI=1S/C7H5ClO3.C7H5ClO2.C6H12O.C6H12/c8-6-3-1-2-5(4-6)7(9)11-10;8-6-3-1-2-5(4-6)7(9)10;1-5(2)6(3,4)7-5;1-5(2)6(3)4/h1-4,10H;1-4H,(H,9,10);1-4H3;1-4H3. The van der Waals surface area contributed by atoms with Gasteiger partial charge in [0.1, 0.15) is 0 Å². The Morgan fingerprint density at radius 1 is 0.794 bits per heavy atom. The van der Waals surface area contributed by atoms with Crippen LogP contribution in [0, 0.1) is 0 Å². The van der Waals surface area contributed by atoms with Crippen molar-refractivity contribution in [3.63, 3.8) is 0 Å². The predicted molar refractivity (Wildman–Crippen MR) is 137 cm³/mol. The van der Waals surface area contributed by atoms with Crippen molar-refractivity contribution in [2.24, 2.45) is 0 Å². The minimum Gasteiger partial charge on any atom is -0.478 e. The second-order valence-corrected chi connectivity index (χ2v) is 9.70. The van der Waals surface area contributed by atoms with E-state index in [1.54, 1.807) is 24.3 Å². The highest BCUT2D eigenvalue weighted by atomic mass is 35.5. The average Bonchev–Trinajstić information content (AvgIpc) is 3.22. The van der Waals surface area contributed by atoms with Crippen LogP contribution in [-0.4, -0.2) is 33.5 Å². The van der Waals surface area contributed by atoms with E-state index in [-0.39, 0.29) is 22.3 Å². The maximum absolute atomic E-state index is 10.6. The van der Waals surface area contributed by atoms with Crippen LogP contribution >= 0.6 is 23.2 Å². The van der Waals surface area contributed by atoms with E-state index in [9.17, 15) is 9.59 Å². The van der Waals surface area contributed by atoms with Crippen molar-refractivity contribution >= 4 is 35.1 Å². The van der Waals surface area contributed by atoms with Crippen molar-refractivity contribution in [2.45, 2.75) is 66.6 Å². The van der Waals surface area contributed by atoms with E-state index in [1.165, 1.54) is 35.4 Å². The highest BCUT2D eigenvalue weighted by Gasteiger charge is 2.55. The van der Waals surface area contributed by atoms with E-state index in [1.807, 2.05) is 0 Å². The molecule has 1 heterocycles. The van der Waals surface area contributed by atoms with Crippen LogP contribution in [0.5, 0.6) is 0 Å². The van der Waals surface area contributed by atoms with Gasteiger partial charge in [0.15, 0.2) is 0 Å². The van der Waals surface area contributed by atoms with Gasteiger partial charge in [-0.1, -0.05) is 46.5 Å². The molecular weight excluding hydrogens is 479 g/mol. The molecule has 0 unspecified atom stereocenters. The number of carboxylic acid groups (broad SMARTS) is 1. The lowest BCUT2D eigenvalue weighted by Gasteiger charge is -1.95. The molecule has 1 saturated heterocycles. The quantitative estimate of drug-likeness (QED) is 0.183. The number of hydrogen-bond donors (Lipinski definition) is 2. The summed E-state index contributed by atoms with van der Waals surface area (Å²) in [6, 6.07) is 12.2. The number of allylic oxidation sites excluding steroid dienone is 2. The lowest BCUT2D eigenvalue weighted by molar-refractivity contribution is -0.182. The summed E-state index contributed by atoms with van der Waals surface area (Å²) in [5.74, 6) is -1.77. The molecule has 2 N–H and O–H groups in total. The van der Waals surface area contributed by atoms with Gasteiger partial charge in [-0.3, -0.25) is 4.89 Å². The van der Waals surface area contributed by atoms with Gasteiger partial charge in [0.05, 0.1) is 22.3 Å². The Kier molecular flexibility index (Phi) is 13.1. The van der Waals surface area contributed by atoms with Gasteiger partial charge in [0.2, 0.25) is 0 Å². The number of ether oxygens (including phenoxy) is 1. The molecule has 0 spiro atoms. The van der Waals surface area contributed by atoms with Gasteiger partial charge in [-0.2, -0.15) is 5.26 Å². The summed E-state index contributed by atoms with van der Waals surface area (Å²) in [7, 11) is 0. The summed E-state index contributed by atoms with van der Waals surface area (Å²) in [5, 5.41) is 17.3. The van der Waals surface area contributed by atoms with Gasteiger partial charge in [0, 0.05) is 10.0 Å². The third kappa shape index (κ3) is 12.2. The molecule has 8 heteroatoms. The van der Waals surface area contributed by atoms with Crippen LogP contribution in [0.3, 0.4) is 0 Å². The molecule has 2 aromatic carbocycles. The number of hydrogen-bond acceptors (Lipinski definition) is 5. The number of carbonyl (C=O) groups is 2. The fraction of sp³-hybridized carbons (Fsp3) is 0.385. The molecule has 2 aromatic rings. The summed E-state index contributed by atoms with van der Waals surface area (Å²) in [4.78, 5) is 24.4. The topological polar surface area (TPSA) is 96.4 Å². The van der Waals surface area contributed by atoms with E-state index >= 15 is 0 Å². The summed E-state index contributed by atoms with van der Waals surface area (Å²) in [6.07, 6.45) is 0. The molecule has 3 rings (SSSR count). The molecule has 0 amide bonds. The van der Waals surface area contributed by atoms with Crippen LogP contribution in [-0.2, 0) is 9.62 Å². The maximum atomic E-state index is 10.6. The molecule has 1 fully saturated rings. The molecule has 1 aliphatic heterocycles. The Labute approximate surface area is 212 Å². The Morgan fingerprint density at radius 2 is 1.15 bits per heavy atom. The first-order valence-electron chi connectivity index (χ1n) is 10.4. The predicted octanol–water partition coefficient (Wildman–Crippen LogP) is 7.94. The third-order valence-corrected chi connectivity index (χ3v) is 5.60. The van der Waals surface area contributed by atoms with E-state index in [2.05, 4.69) is 60.3 Å². The zero-order valence-corrected chi connectivity index (χ0v) is 22.4. The van der Waals surface area contributed by atoms with Crippen molar-refractivity contribution in [1.29, 1.82) is 0 Å².